The first-order valence-corrected chi connectivity index (χ1v) is 13.4. The van der Waals surface area contributed by atoms with Crippen LogP contribution in [-0.2, 0) is 11.3 Å². The van der Waals surface area contributed by atoms with Crippen LogP contribution < -0.4 is 4.74 Å². The summed E-state index contributed by atoms with van der Waals surface area (Å²) in [5.41, 5.74) is 5.35. The van der Waals surface area contributed by atoms with E-state index in [4.69, 9.17) is 14.5 Å². The first-order chi connectivity index (χ1) is 19.1. The van der Waals surface area contributed by atoms with E-state index in [9.17, 15) is 15.2 Å². The zero-order valence-electron chi connectivity index (χ0n) is 23.2. The number of amides is 1. The Morgan fingerprint density at radius 3 is 2.45 bits per heavy atom. The van der Waals surface area contributed by atoms with Crippen molar-refractivity contribution in [3.63, 3.8) is 0 Å². The van der Waals surface area contributed by atoms with Crippen molar-refractivity contribution in [2.75, 3.05) is 19.7 Å². The SMILES string of the molecule is Cc1ccc(-c2c(-c3ccc(C#N)cc3)nc(OC[C@@H]3CCN(C(=O)OC(C)(C)C)C3)c3nc(CO)cn23)cc1. The van der Waals surface area contributed by atoms with Gasteiger partial charge in [0.1, 0.15) is 5.60 Å². The molecule has 2 aromatic carbocycles. The van der Waals surface area contributed by atoms with Gasteiger partial charge in [0.25, 0.3) is 5.88 Å². The van der Waals surface area contributed by atoms with Crippen molar-refractivity contribution in [2.45, 2.75) is 46.3 Å². The van der Waals surface area contributed by atoms with Crippen molar-refractivity contribution in [1.29, 1.82) is 5.26 Å². The summed E-state index contributed by atoms with van der Waals surface area (Å²) in [5.74, 6) is 0.447. The molecule has 1 fully saturated rings. The minimum Gasteiger partial charge on any atom is -0.475 e. The third-order valence-electron chi connectivity index (χ3n) is 6.79. The number of nitriles is 1. The number of fused-ring (bicyclic) bond motifs is 1. The molecule has 1 amide bonds. The molecule has 206 valence electrons. The molecule has 0 radical (unpaired) electrons. The molecular formula is C31H33N5O4. The number of aliphatic hydroxyl groups excluding tert-OH is 1. The van der Waals surface area contributed by atoms with Crippen LogP contribution in [0.2, 0.25) is 0 Å². The largest absolute Gasteiger partial charge is 0.475 e. The topological polar surface area (TPSA) is 113 Å². The van der Waals surface area contributed by atoms with Gasteiger partial charge in [0.15, 0.2) is 0 Å². The fourth-order valence-corrected chi connectivity index (χ4v) is 4.79. The predicted molar refractivity (Wildman–Crippen MR) is 151 cm³/mol. The number of aryl methyl sites for hydroxylation is 1. The molecule has 1 aliphatic rings. The van der Waals surface area contributed by atoms with Crippen molar-refractivity contribution in [3.8, 4) is 34.5 Å². The molecule has 3 heterocycles. The van der Waals surface area contributed by atoms with E-state index in [1.54, 1.807) is 23.2 Å². The van der Waals surface area contributed by atoms with Crippen LogP contribution in [0.25, 0.3) is 28.2 Å². The van der Waals surface area contributed by atoms with Gasteiger partial charge in [-0.3, -0.25) is 4.40 Å². The minimum absolute atomic E-state index is 0.108. The second-order valence-corrected chi connectivity index (χ2v) is 11.1. The van der Waals surface area contributed by atoms with Gasteiger partial charge in [0.05, 0.1) is 41.9 Å². The lowest BCUT2D eigenvalue weighted by Crippen LogP contribution is -2.35. The van der Waals surface area contributed by atoms with Crippen molar-refractivity contribution in [3.05, 3.63) is 71.5 Å². The monoisotopic (exact) mass is 539 g/mol. The lowest BCUT2D eigenvalue weighted by Gasteiger charge is -2.24. The first-order valence-electron chi connectivity index (χ1n) is 13.4. The number of imidazole rings is 1. The van der Waals surface area contributed by atoms with Crippen LogP contribution in [0.4, 0.5) is 4.79 Å². The zero-order chi connectivity index (χ0) is 28.4. The van der Waals surface area contributed by atoms with Crippen molar-refractivity contribution >= 4 is 11.7 Å². The maximum absolute atomic E-state index is 12.5. The smallest absolute Gasteiger partial charge is 0.410 e. The fourth-order valence-electron chi connectivity index (χ4n) is 4.79. The molecule has 0 unspecified atom stereocenters. The highest BCUT2D eigenvalue weighted by Gasteiger charge is 2.31. The molecule has 0 bridgehead atoms. The molecule has 1 aliphatic heterocycles. The van der Waals surface area contributed by atoms with E-state index in [-0.39, 0.29) is 18.6 Å². The molecule has 2 aromatic heterocycles. The highest BCUT2D eigenvalue weighted by molar-refractivity contribution is 5.82. The molecule has 1 saturated heterocycles. The summed E-state index contributed by atoms with van der Waals surface area (Å²) in [5, 5.41) is 19.2. The van der Waals surface area contributed by atoms with Crippen LogP contribution >= 0.6 is 0 Å². The molecule has 0 saturated carbocycles. The highest BCUT2D eigenvalue weighted by Crippen LogP contribution is 2.36. The number of carbonyl (C=O) groups is 1. The molecule has 5 rings (SSSR count). The minimum atomic E-state index is -0.548. The summed E-state index contributed by atoms with van der Waals surface area (Å²) < 4.78 is 13.7. The second-order valence-electron chi connectivity index (χ2n) is 11.1. The van der Waals surface area contributed by atoms with Gasteiger partial charge in [-0.2, -0.15) is 5.26 Å². The molecule has 0 spiro atoms. The number of rotatable bonds is 6. The Kier molecular flexibility index (Phi) is 7.46. The normalized spacial score (nSPS) is 15.3. The average molecular weight is 540 g/mol. The maximum atomic E-state index is 12.5. The van der Waals surface area contributed by atoms with E-state index < -0.39 is 5.60 Å². The highest BCUT2D eigenvalue weighted by atomic mass is 16.6. The summed E-state index contributed by atoms with van der Waals surface area (Å²) in [6.07, 6.45) is 2.27. The first kappa shape index (κ1) is 27.2. The van der Waals surface area contributed by atoms with Gasteiger partial charge in [-0.1, -0.05) is 42.0 Å². The molecule has 1 atom stereocenters. The van der Waals surface area contributed by atoms with Crippen LogP contribution in [0.15, 0.2) is 54.7 Å². The van der Waals surface area contributed by atoms with Gasteiger partial charge in [0.2, 0.25) is 5.65 Å². The summed E-state index contributed by atoms with van der Waals surface area (Å²) >= 11 is 0. The number of carbonyl (C=O) groups excluding carboxylic acids is 1. The Morgan fingerprint density at radius 1 is 1.10 bits per heavy atom. The molecule has 1 N–H and O–H groups in total. The maximum Gasteiger partial charge on any atom is 0.410 e. The summed E-state index contributed by atoms with van der Waals surface area (Å²) in [6.45, 7) is 8.86. The van der Waals surface area contributed by atoms with Gasteiger partial charge in [0, 0.05) is 36.3 Å². The fraction of sp³-hybridized carbons (Fsp3) is 0.355. The van der Waals surface area contributed by atoms with Gasteiger partial charge in [-0.15, -0.1) is 0 Å². The summed E-state index contributed by atoms with van der Waals surface area (Å²) in [4.78, 5) is 23.8. The van der Waals surface area contributed by atoms with E-state index in [0.717, 1.165) is 28.8 Å². The van der Waals surface area contributed by atoms with Crippen molar-refractivity contribution < 1.29 is 19.4 Å². The number of aromatic nitrogens is 3. The van der Waals surface area contributed by atoms with Gasteiger partial charge < -0.3 is 19.5 Å². The number of aliphatic hydroxyl groups is 1. The number of hydrogen-bond donors (Lipinski definition) is 1. The number of benzene rings is 2. The Balaban J connectivity index is 1.52. The van der Waals surface area contributed by atoms with Crippen LogP contribution in [0.3, 0.4) is 0 Å². The van der Waals surface area contributed by atoms with E-state index in [1.165, 1.54) is 0 Å². The molecule has 0 aliphatic carbocycles. The van der Waals surface area contributed by atoms with Crippen molar-refractivity contribution in [1.82, 2.24) is 19.3 Å². The van der Waals surface area contributed by atoms with E-state index in [0.29, 0.717) is 48.2 Å². The third-order valence-corrected chi connectivity index (χ3v) is 6.79. The second kappa shape index (κ2) is 11.0. The van der Waals surface area contributed by atoms with Crippen LogP contribution in [-0.4, -0.2) is 55.8 Å². The molecule has 40 heavy (non-hydrogen) atoms. The Hall–Kier alpha value is -4.42. The van der Waals surface area contributed by atoms with Gasteiger partial charge in [-0.25, -0.2) is 14.8 Å². The van der Waals surface area contributed by atoms with E-state index >= 15 is 0 Å². The number of likely N-dealkylation sites (tertiary alicyclic amines) is 1. The zero-order valence-corrected chi connectivity index (χ0v) is 23.2. The third kappa shape index (κ3) is 5.77. The number of nitrogens with zero attached hydrogens (tertiary/aromatic N) is 5. The quantitative estimate of drug-likeness (QED) is 0.350. The van der Waals surface area contributed by atoms with E-state index in [1.807, 2.05) is 68.5 Å². The van der Waals surface area contributed by atoms with Gasteiger partial charge in [-0.05, 0) is 46.2 Å². The molecule has 9 heteroatoms. The summed E-state index contributed by atoms with van der Waals surface area (Å²) in [7, 11) is 0. The predicted octanol–water partition coefficient (Wildman–Crippen LogP) is 5.37. The van der Waals surface area contributed by atoms with Gasteiger partial charge >= 0.3 is 6.09 Å². The number of hydrogen-bond acceptors (Lipinski definition) is 7. The van der Waals surface area contributed by atoms with E-state index in [2.05, 4.69) is 11.1 Å². The summed E-state index contributed by atoms with van der Waals surface area (Å²) in [6, 6.07) is 17.6. The van der Waals surface area contributed by atoms with Crippen LogP contribution in [0.1, 0.15) is 44.0 Å². The van der Waals surface area contributed by atoms with Crippen molar-refractivity contribution in [2.24, 2.45) is 5.92 Å². The molecular weight excluding hydrogens is 506 g/mol. The standard InChI is InChI=1S/C31H33N5O4/c1-20-5-9-24(10-6-20)27-26(23-11-7-21(15-32)8-12-23)34-29(28-33-25(18-37)17-36(27)28)39-19-22-13-14-35(16-22)30(38)40-31(2,3)4/h5-12,17,22,37H,13-14,16,18-19H2,1-4H3/t22-/m1/s1. The molecule has 9 nitrogen and oxygen atoms in total. The Labute approximate surface area is 233 Å². The Bertz CT molecular complexity index is 1560. The van der Waals surface area contributed by atoms with Crippen LogP contribution in [0, 0.1) is 24.2 Å². The average Bonchev–Trinajstić information content (AvgIpc) is 3.59. The number of ether oxygens (including phenoxy) is 2. The lowest BCUT2D eigenvalue weighted by molar-refractivity contribution is 0.0284. The lowest BCUT2D eigenvalue weighted by atomic mass is 10.0. The molecule has 4 aromatic rings. The van der Waals surface area contributed by atoms with Crippen LogP contribution in [0.5, 0.6) is 5.88 Å². The Morgan fingerprint density at radius 2 is 1.80 bits per heavy atom.